The number of anilines is 1. The van der Waals surface area contributed by atoms with Gasteiger partial charge in [0.25, 0.3) is 0 Å². The zero-order valence-electron chi connectivity index (χ0n) is 15.0. The largest absolute Gasteiger partial charge is 0.417 e. The Balaban J connectivity index is 1.42. The molecule has 0 bridgehead atoms. The summed E-state index contributed by atoms with van der Waals surface area (Å²) in [6, 6.07) is 10.2. The van der Waals surface area contributed by atoms with Crippen LogP contribution >= 0.6 is 11.6 Å². The third-order valence-corrected chi connectivity index (χ3v) is 5.30. The summed E-state index contributed by atoms with van der Waals surface area (Å²) in [7, 11) is 0. The zero-order chi connectivity index (χ0) is 19.7. The Morgan fingerprint density at radius 2 is 1.75 bits per heavy atom. The third-order valence-electron chi connectivity index (χ3n) is 4.97. The molecule has 1 aliphatic rings. The lowest BCUT2D eigenvalue weighted by Crippen LogP contribution is -2.46. The number of fused-ring (bicyclic) bond motifs is 1. The fraction of sp³-hybridized carbons (Fsp3) is 0.300. The summed E-state index contributed by atoms with van der Waals surface area (Å²) in [5.74, 6) is 0.575. The van der Waals surface area contributed by atoms with Crippen molar-refractivity contribution in [3.05, 3.63) is 64.9 Å². The highest BCUT2D eigenvalue weighted by atomic mass is 35.5. The molecule has 0 atom stereocenters. The molecule has 1 fully saturated rings. The number of hydrogen-bond acceptors (Lipinski definition) is 4. The molecule has 3 aromatic rings. The third kappa shape index (κ3) is 3.91. The van der Waals surface area contributed by atoms with Crippen molar-refractivity contribution in [2.45, 2.75) is 12.7 Å². The maximum atomic E-state index is 12.7. The summed E-state index contributed by atoms with van der Waals surface area (Å²) < 4.78 is 38.0. The lowest BCUT2D eigenvalue weighted by atomic mass is 10.1. The molecule has 0 radical (unpaired) electrons. The number of nitrogens with zero attached hydrogens (tertiary/aromatic N) is 4. The quantitative estimate of drug-likeness (QED) is 0.635. The van der Waals surface area contributed by atoms with E-state index in [4.69, 9.17) is 11.6 Å². The molecule has 0 N–H and O–H groups in total. The molecule has 0 aliphatic carbocycles. The van der Waals surface area contributed by atoms with Crippen molar-refractivity contribution in [3.8, 4) is 0 Å². The van der Waals surface area contributed by atoms with Crippen LogP contribution in [0.25, 0.3) is 10.9 Å². The number of piperazine rings is 1. The SMILES string of the molecule is FC(F)(F)c1ccc(N2CCN(Cc3ccc(Cl)c4cccnc34)CC2)nc1. The van der Waals surface area contributed by atoms with Crippen molar-refractivity contribution in [1.82, 2.24) is 14.9 Å². The molecule has 0 unspecified atom stereocenters. The molecule has 2 aromatic heterocycles. The first-order chi connectivity index (χ1) is 13.4. The topological polar surface area (TPSA) is 32.3 Å². The molecule has 0 spiro atoms. The van der Waals surface area contributed by atoms with Crippen LogP contribution in [-0.4, -0.2) is 41.0 Å². The molecule has 3 heterocycles. The van der Waals surface area contributed by atoms with Gasteiger partial charge in [-0.3, -0.25) is 9.88 Å². The molecule has 1 aromatic carbocycles. The van der Waals surface area contributed by atoms with E-state index >= 15 is 0 Å². The lowest BCUT2D eigenvalue weighted by molar-refractivity contribution is -0.137. The van der Waals surface area contributed by atoms with E-state index in [9.17, 15) is 13.2 Å². The van der Waals surface area contributed by atoms with E-state index in [1.54, 1.807) is 6.20 Å². The van der Waals surface area contributed by atoms with Crippen molar-refractivity contribution in [3.63, 3.8) is 0 Å². The first-order valence-corrected chi connectivity index (χ1v) is 9.32. The number of halogens is 4. The normalized spacial score (nSPS) is 15.9. The van der Waals surface area contributed by atoms with Gasteiger partial charge in [-0.2, -0.15) is 13.2 Å². The average Bonchev–Trinajstić information content (AvgIpc) is 2.70. The van der Waals surface area contributed by atoms with Gasteiger partial charge in [-0.1, -0.05) is 17.7 Å². The number of pyridine rings is 2. The zero-order valence-corrected chi connectivity index (χ0v) is 15.7. The molecule has 0 amide bonds. The van der Waals surface area contributed by atoms with Crippen LogP contribution in [0.1, 0.15) is 11.1 Å². The van der Waals surface area contributed by atoms with Gasteiger partial charge in [0.15, 0.2) is 0 Å². The maximum Gasteiger partial charge on any atom is 0.417 e. The van der Waals surface area contributed by atoms with Crippen molar-refractivity contribution >= 4 is 28.3 Å². The summed E-state index contributed by atoms with van der Waals surface area (Å²) in [5, 5.41) is 1.62. The highest BCUT2D eigenvalue weighted by molar-refractivity contribution is 6.35. The molecule has 28 heavy (non-hydrogen) atoms. The van der Waals surface area contributed by atoms with Crippen molar-refractivity contribution in [1.29, 1.82) is 0 Å². The standard InChI is InChI=1S/C20H18ClF3N4/c21-17-5-3-14(19-16(17)2-1-7-25-19)13-27-8-10-28(11-9-27)18-6-4-15(12-26-18)20(22,23)24/h1-7,12H,8-11,13H2. The maximum absolute atomic E-state index is 12.7. The first kappa shape index (κ1) is 19.0. The van der Waals surface area contributed by atoms with E-state index in [1.165, 1.54) is 6.07 Å². The second kappa shape index (κ2) is 7.56. The van der Waals surface area contributed by atoms with Crippen molar-refractivity contribution in [2.24, 2.45) is 0 Å². The van der Waals surface area contributed by atoms with Crippen molar-refractivity contribution < 1.29 is 13.2 Å². The highest BCUT2D eigenvalue weighted by Crippen LogP contribution is 2.30. The Kier molecular flexibility index (Phi) is 5.12. The first-order valence-electron chi connectivity index (χ1n) is 8.94. The Bertz CT molecular complexity index is 967. The van der Waals surface area contributed by atoms with Crippen molar-refractivity contribution in [2.75, 3.05) is 31.1 Å². The molecule has 8 heteroatoms. The number of aromatic nitrogens is 2. The monoisotopic (exact) mass is 406 g/mol. The van der Waals surface area contributed by atoms with Gasteiger partial charge in [-0.05, 0) is 35.9 Å². The number of rotatable bonds is 3. The van der Waals surface area contributed by atoms with E-state index in [2.05, 4.69) is 14.9 Å². The summed E-state index contributed by atoms with van der Waals surface area (Å²) >= 11 is 6.26. The Hall–Kier alpha value is -2.38. The van der Waals surface area contributed by atoms with Gasteiger partial charge in [0.05, 0.1) is 11.1 Å². The van der Waals surface area contributed by atoms with Gasteiger partial charge >= 0.3 is 6.18 Å². The molecule has 4 rings (SSSR count). The lowest BCUT2D eigenvalue weighted by Gasteiger charge is -2.35. The molecule has 1 saturated heterocycles. The smallest absolute Gasteiger partial charge is 0.354 e. The summed E-state index contributed by atoms with van der Waals surface area (Å²) in [6.07, 6.45) is -1.71. The molecular formula is C20H18ClF3N4. The highest BCUT2D eigenvalue weighted by Gasteiger charge is 2.31. The number of alkyl halides is 3. The van der Waals surface area contributed by atoms with Gasteiger partial charge in [0, 0.05) is 55.5 Å². The van der Waals surface area contributed by atoms with Crippen LogP contribution in [0.2, 0.25) is 5.02 Å². The predicted molar refractivity (Wildman–Crippen MR) is 103 cm³/mol. The average molecular weight is 407 g/mol. The molecular weight excluding hydrogens is 389 g/mol. The van der Waals surface area contributed by atoms with Crippen LogP contribution in [0.3, 0.4) is 0 Å². The molecule has 4 nitrogen and oxygen atoms in total. The van der Waals surface area contributed by atoms with Crippen LogP contribution < -0.4 is 4.90 Å². The van der Waals surface area contributed by atoms with E-state index in [-0.39, 0.29) is 0 Å². The van der Waals surface area contributed by atoms with Crippen LogP contribution in [0.5, 0.6) is 0 Å². The van der Waals surface area contributed by atoms with Crippen LogP contribution in [0.4, 0.5) is 19.0 Å². The molecule has 146 valence electrons. The number of hydrogen-bond donors (Lipinski definition) is 0. The Labute approximate surface area is 165 Å². The fourth-order valence-electron chi connectivity index (χ4n) is 3.44. The summed E-state index contributed by atoms with van der Waals surface area (Å²) in [4.78, 5) is 12.8. The predicted octanol–water partition coefficient (Wildman–Crippen LogP) is 4.62. The van der Waals surface area contributed by atoms with Gasteiger partial charge < -0.3 is 4.90 Å². The van der Waals surface area contributed by atoms with E-state index in [0.717, 1.165) is 48.4 Å². The van der Waals surface area contributed by atoms with Gasteiger partial charge in [-0.15, -0.1) is 0 Å². The molecule has 1 aliphatic heterocycles. The Morgan fingerprint density at radius 1 is 0.964 bits per heavy atom. The second-order valence-electron chi connectivity index (χ2n) is 6.77. The molecule has 0 saturated carbocycles. The van der Waals surface area contributed by atoms with Crippen LogP contribution in [0, 0.1) is 0 Å². The van der Waals surface area contributed by atoms with E-state index in [0.29, 0.717) is 23.9 Å². The Morgan fingerprint density at radius 3 is 2.43 bits per heavy atom. The minimum absolute atomic E-state index is 0.575. The van der Waals surface area contributed by atoms with Gasteiger partial charge in [0.2, 0.25) is 0 Å². The summed E-state index contributed by atoms with van der Waals surface area (Å²) in [5.41, 5.74) is 1.29. The van der Waals surface area contributed by atoms with Gasteiger partial charge in [0.1, 0.15) is 5.82 Å². The minimum Gasteiger partial charge on any atom is -0.354 e. The van der Waals surface area contributed by atoms with E-state index in [1.807, 2.05) is 29.2 Å². The second-order valence-corrected chi connectivity index (χ2v) is 7.18. The number of benzene rings is 1. The minimum atomic E-state index is -4.36. The van der Waals surface area contributed by atoms with Gasteiger partial charge in [-0.25, -0.2) is 4.98 Å². The van der Waals surface area contributed by atoms with Crippen LogP contribution in [0.15, 0.2) is 48.8 Å². The fourth-order valence-corrected chi connectivity index (χ4v) is 3.66. The van der Waals surface area contributed by atoms with E-state index < -0.39 is 11.7 Å². The summed E-state index contributed by atoms with van der Waals surface area (Å²) in [6.45, 7) is 3.74. The van der Waals surface area contributed by atoms with Crippen LogP contribution in [-0.2, 0) is 12.7 Å².